The van der Waals surface area contributed by atoms with E-state index in [1.165, 1.54) is 0 Å². The van der Waals surface area contributed by atoms with E-state index in [1.807, 2.05) is 38.1 Å². The molecular formula is C16H23N3O2. The molecule has 114 valence electrons. The first kappa shape index (κ1) is 15.5. The molecule has 1 aromatic heterocycles. The van der Waals surface area contributed by atoms with Crippen molar-refractivity contribution in [1.29, 1.82) is 0 Å². The lowest BCUT2D eigenvalue weighted by Gasteiger charge is -2.23. The maximum Gasteiger partial charge on any atom is 0.220 e. The van der Waals surface area contributed by atoms with E-state index in [1.54, 1.807) is 0 Å². The van der Waals surface area contributed by atoms with Crippen molar-refractivity contribution in [3.05, 3.63) is 30.1 Å². The van der Waals surface area contributed by atoms with Gasteiger partial charge in [0, 0.05) is 26.0 Å². The second-order valence-electron chi connectivity index (χ2n) is 6.12. The van der Waals surface area contributed by atoms with Gasteiger partial charge in [-0.15, -0.1) is 0 Å². The first-order chi connectivity index (χ1) is 10.00. The van der Waals surface area contributed by atoms with Crippen molar-refractivity contribution in [3.63, 3.8) is 0 Å². The van der Waals surface area contributed by atoms with Crippen LogP contribution in [0.15, 0.2) is 24.3 Å². The van der Waals surface area contributed by atoms with Gasteiger partial charge in [-0.25, -0.2) is 4.98 Å². The fourth-order valence-electron chi connectivity index (χ4n) is 2.17. The van der Waals surface area contributed by atoms with E-state index in [2.05, 4.69) is 15.3 Å². The van der Waals surface area contributed by atoms with Crippen LogP contribution in [0.1, 0.15) is 32.5 Å². The molecule has 0 aliphatic rings. The molecule has 3 N–H and O–H groups in total. The van der Waals surface area contributed by atoms with Crippen LogP contribution in [-0.4, -0.2) is 34.1 Å². The number of hydrogen-bond donors (Lipinski definition) is 3. The number of aliphatic hydroxyl groups excluding tert-OH is 1. The van der Waals surface area contributed by atoms with Crippen LogP contribution < -0.4 is 5.32 Å². The van der Waals surface area contributed by atoms with Crippen molar-refractivity contribution in [2.75, 3.05) is 13.2 Å². The molecule has 0 radical (unpaired) electrons. The minimum atomic E-state index is -0.0796. The summed E-state index contributed by atoms with van der Waals surface area (Å²) in [6.07, 6.45) is 1.69. The number of aromatic amines is 1. The largest absolute Gasteiger partial charge is 0.396 e. The number of benzene rings is 1. The highest BCUT2D eigenvalue weighted by molar-refractivity contribution is 5.77. The highest BCUT2D eigenvalue weighted by atomic mass is 16.3. The first-order valence-electron chi connectivity index (χ1n) is 7.31. The number of imidazole rings is 1. The molecule has 0 fully saturated rings. The highest BCUT2D eigenvalue weighted by Gasteiger charge is 2.18. The molecule has 0 saturated carbocycles. The molecule has 0 saturated heterocycles. The van der Waals surface area contributed by atoms with Crippen LogP contribution >= 0.6 is 0 Å². The molecule has 1 amide bonds. The summed E-state index contributed by atoms with van der Waals surface area (Å²) in [5.41, 5.74) is 1.85. The van der Waals surface area contributed by atoms with Gasteiger partial charge in [-0.1, -0.05) is 26.0 Å². The quantitative estimate of drug-likeness (QED) is 0.729. The number of fused-ring (bicyclic) bond motifs is 1. The Morgan fingerprint density at radius 3 is 2.86 bits per heavy atom. The molecule has 1 heterocycles. The Morgan fingerprint density at radius 1 is 1.38 bits per heavy atom. The summed E-state index contributed by atoms with van der Waals surface area (Å²) in [5, 5.41) is 11.9. The van der Waals surface area contributed by atoms with Gasteiger partial charge >= 0.3 is 0 Å². The minimum Gasteiger partial charge on any atom is -0.396 e. The van der Waals surface area contributed by atoms with Crippen molar-refractivity contribution in [1.82, 2.24) is 15.3 Å². The second-order valence-corrected chi connectivity index (χ2v) is 6.12. The number of amides is 1. The third kappa shape index (κ3) is 4.56. The molecule has 0 atom stereocenters. The lowest BCUT2D eigenvalue weighted by atomic mass is 9.90. The van der Waals surface area contributed by atoms with Crippen molar-refractivity contribution < 1.29 is 9.90 Å². The predicted octanol–water partition coefficient (Wildman–Crippen LogP) is 2.02. The van der Waals surface area contributed by atoms with Gasteiger partial charge < -0.3 is 15.4 Å². The monoisotopic (exact) mass is 289 g/mol. The lowest BCUT2D eigenvalue weighted by molar-refractivity contribution is -0.121. The van der Waals surface area contributed by atoms with Gasteiger partial charge in [0.1, 0.15) is 5.82 Å². The molecule has 1 aromatic carbocycles. The molecule has 0 aliphatic heterocycles. The van der Waals surface area contributed by atoms with Crippen LogP contribution in [0.25, 0.3) is 11.0 Å². The zero-order valence-electron chi connectivity index (χ0n) is 12.6. The standard InChI is InChI=1S/C16H23N3O2/c1-16(2,9-10-20)11-17-15(21)8-7-14-18-12-5-3-4-6-13(12)19-14/h3-6,20H,7-11H2,1-2H3,(H,17,21)(H,18,19). The Kier molecular flexibility index (Phi) is 4.96. The summed E-state index contributed by atoms with van der Waals surface area (Å²) in [7, 11) is 0. The van der Waals surface area contributed by atoms with Gasteiger partial charge in [-0.05, 0) is 24.0 Å². The Labute approximate surface area is 124 Å². The molecule has 0 spiro atoms. The maximum absolute atomic E-state index is 11.9. The fraction of sp³-hybridized carbons (Fsp3) is 0.500. The van der Waals surface area contributed by atoms with Gasteiger partial charge in [-0.2, -0.15) is 0 Å². The minimum absolute atomic E-state index is 0.0153. The van der Waals surface area contributed by atoms with Crippen molar-refractivity contribution in [3.8, 4) is 0 Å². The summed E-state index contributed by atoms with van der Waals surface area (Å²) >= 11 is 0. The Hall–Kier alpha value is -1.88. The molecule has 0 unspecified atom stereocenters. The summed E-state index contributed by atoms with van der Waals surface area (Å²) in [6, 6.07) is 7.83. The van der Waals surface area contributed by atoms with Gasteiger partial charge in [0.2, 0.25) is 5.91 Å². The van der Waals surface area contributed by atoms with Gasteiger partial charge in [0.25, 0.3) is 0 Å². The SMILES string of the molecule is CC(C)(CCO)CNC(=O)CCc1nc2ccccc2[nH]1. The number of nitrogens with zero attached hydrogens (tertiary/aromatic N) is 1. The van der Waals surface area contributed by atoms with Gasteiger partial charge in [-0.3, -0.25) is 4.79 Å². The average Bonchev–Trinajstić information content (AvgIpc) is 2.86. The van der Waals surface area contributed by atoms with E-state index in [4.69, 9.17) is 5.11 Å². The van der Waals surface area contributed by atoms with Crippen molar-refractivity contribution >= 4 is 16.9 Å². The number of carbonyl (C=O) groups excluding carboxylic acids is 1. The summed E-state index contributed by atoms with van der Waals surface area (Å²) in [4.78, 5) is 19.5. The molecule has 0 aliphatic carbocycles. The van der Waals surface area contributed by atoms with E-state index < -0.39 is 0 Å². The molecule has 0 bridgehead atoms. The maximum atomic E-state index is 11.9. The Morgan fingerprint density at radius 2 is 2.14 bits per heavy atom. The zero-order chi connectivity index (χ0) is 15.3. The van der Waals surface area contributed by atoms with E-state index in [-0.39, 0.29) is 17.9 Å². The molecule has 2 rings (SSSR count). The average molecular weight is 289 g/mol. The topological polar surface area (TPSA) is 78.0 Å². The first-order valence-corrected chi connectivity index (χ1v) is 7.31. The molecular weight excluding hydrogens is 266 g/mol. The van der Waals surface area contributed by atoms with Crippen LogP contribution in [0, 0.1) is 5.41 Å². The number of para-hydroxylation sites is 2. The number of aliphatic hydroxyl groups is 1. The van der Waals surface area contributed by atoms with Crippen molar-refractivity contribution in [2.45, 2.75) is 33.1 Å². The third-order valence-corrected chi connectivity index (χ3v) is 3.58. The predicted molar refractivity (Wildman–Crippen MR) is 82.9 cm³/mol. The van der Waals surface area contributed by atoms with E-state index in [0.717, 1.165) is 16.9 Å². The summed E-state index contributed by atoms with van der Waals surface area (Å²) in [6.45, 7) is 4.78. The molecule has 5 nitrogen and oxygen atoms in total. The van der Waals surface area contributed by atoms with Crippen LogP contribution in [0.2, 0.25) is 0 Å². The van der Waals surface area contributed by atoms with Crippen LogP contribution in [0.4, 0.5) is 0 Å². The number of hydrogen-bond acceptors (Lipinski definition) is 3. The van der Waals surface area contributed by atoms with Crippen molar-refractivity contribution in [2.24, 2.45) is 5.41 Å². The summed E-state index contributed by atoms with van der Waals surface area (Å²) < 4.78 is 0. The molecule has 21 heavy (non-hydrogen) atoms. The normalized spacial score (nSPS) is 11.8. The van der Waals surface area contributed by atoms with Crippen LogP contribution in [0.3, 0.4) is 0 Å². The van der Waals surface area contributed by atoms with Crippen LogP contribution in [0.5, 0.6) is 0 Å². The molecule has 2 aromatic rings. The van der Waals surface area contributed by atoms with E-state index >= 15 is 0 Å². The second kappa shape index (κ2) is 6.72. The Bertz CT molecular complexity index is 571. The fourth-order valence-corrected chi connectivity index (χ4v) is 2.17. The number of rotatable bonds is 7. The van der Waals surface area contributed by atoms with Gasteiger partial charge in [0.05, 0.1) is 11.0 Å². The highest BCUT2D eigenvalue weighted by Crippen LogP contribution is 2.18. The van der Waals surface area contributed by atoms with E-state index in [9.17, 15) is 4.79 Å². The number of nitrogens with one attached hydrogen (secondary N) is 2. The van der Waals surface area contributed by atoms with Gasteiger partial charge in [0.15, 0.2) is 0 Å². The Balaban J connectivity index is 1.81. The smallest absolute Gasteiger partial charge is 0.220 e. The number of carbonyl (C=O) groups is 1. The zero-order valence-corrected chi connectivity index (χ0v) is 12.6. The lowest BCUT2D eigenvalue weighted by Crippen LogP contribution is -2.34. The van der Waals surface area contributed by atoms with E-state index in [0.29, 0.717) is 25.8 Å². The number of aromatic nitrogens is 2. The van der Waals surface area contributed by atoms with Crippen LogP contribution in [-0.2, 0) is 11.2 Å². The number of aryl methyl sites for hydroxylation is 1. The molecule has 5 heteroatoms. The summed E-state index contributed by atoms with van der Waals surface area (Å²) in [5.74, 6) is 0.849. The number of H-pyrrole nitrogens is 1. The third-order valence-electron chi connectivity index (χ3n) is 3.58.